The summed E-state index contributed by atoms with van der Waals surface area (Å²) < 4.78 is 34.2. The van der Waals surface area contributed by atoms with Gasteiger partial charge in [-0.15, -0.1) is 0 Å². The lowest BCUT2D eigenvalue weighted by molar-refractivity contribution is -0.116. The molecular weight excluding hydrogens is 432 g/mol. The molecule has 3 rings (SSSR count). The molecule has 8 heteroatoms. The highest BCUT2D eigenvalue weighted by atomic mass is 79.9. The Morgan fingerprint density at radius 2 is 1.96 bits per heavy atom. The standard InChI is InChI=1S/C19H21BrN2O4S/c1-4-26-16-7-5-15(6-8-16)21-27(24,25)19-11-18-14(10-17(19)20)9-12(2)22(18)13(3)23/h5-8,10-12,21H,4,9H2,1-3H3/t12-/m1/s1. The van der Waals surface area contributed by atoms with Crippen molar-refractivity contribution in [2.24, 2.45) is 0 Å². The fourth-order valence-corrected chi connectivity index (χ4v) is 5.47. The van der Waals surface area contributed by atoms with E-state index in [2.05, 4.69) is 20.7 Å². The van der Waals surface area contributed by atoms with Crippen LogP contribution in [-0.2, 0) is 21.2 Å². The highest BCUT2D eigenvalue weighted by Gasteiger charge is 2.32. The normalized spacial score (nSPS) is 16.1. The number of anilines is 2. The number of rotatable bonds is 5. The Labute approximate surface area is 167 Å². The van der Waals surface area contributed by atoms with Crippen molar-refractivity contribution < 1.29 is 17.9 Å². The molecule has 0 spiro atoms. The largest absolute Gasteiger partial charge is 0.494 e. The van der Waals surface area contributed by atoms with Gasteiger partial charge in [0, 0.05) is 28.8 Å². The Bertz CT molecular complexity index is 974. The third-order valence-corrected chi connectivity index (χ3v) is 6.73. The lowest BCUT2D eigenvalue weighted by Gasteiger charge is -2.21. The van der Waals surface area contributed by atoms with E-state index >= 15 is 0 Å². The van der Waals surface area contributed by atoms with Crippen molar-refractivity contribution in [3.05, 3.63) is 46.4 Å². The zero-order valence-electron chi connectivity index (χ0n) is 15.3. The zero-order chi connectivity index (χ0) is 19.8. The molecule has 1 heterocycles. The molecule has 0 saturated heterocycles. The van der Waals surface area contributed by atoms with Crippen LogP contribution in [0, 0.1) is 0 Å². The summed E-state index contributed by atoms with van der Waals surface area (Å²) >= 11 is 3.37. The van der Waals surface area contributed by atoms with Crippen LogP contribution in [0.2, 0.25) is 0 Å². The Morgan fingerprint density at radius 3 is 2.56 bits per heavy atom. The molecule has 0 saturated carbocycles. The molecule has 1 amide bonds. The molecule has 0 fully saturated rings. The van der Waals surface area contributed by atoms with E-state index in [0.29, 0.717) is 34.6 Å². The monoisotopic (exact) mass is 452 g/mol. The molecule has 1 aliphatic rings. The fraction of sp³-hybridized carbons (Fsp3) is 0.316. The quantitative estimate of drug-likeness (QED) is 0.744. The molecule has 1 atom stereocenters. The van der Waals surface area contributed by atoms with Crippen molar-refractivity contribution in [3.63, 3.8) is 0 Å². The van der Waals surface area contributed by atoms with Crippen LogP contribution in [0.3, 0.4) is 0 Å². The number of benzene rings is 2. The molecule has 6 nitrogen and oxygen atoms in total. The van der Waals surface area contributed by atoms with Gasteiger partial charge in [0.25, 0.3) is 10.0 Å². The summed E-state index contributed by atoms with van der Waals surface area (Å²) in [5.41, 5.74) is 2.03. The summed E-state index contributed by atoms with van der Waals surface area (Å²) in [6.07, 6.45) is 0.695. The summed E-state index contributed by atoms with van der Waals surface area (Å²) in [4.78, 5) is 13.7. The molecule has 1 aliphatic heterocycles. The Hall–Kier alpha value is -2.06. The summed E-state index contributed by atoms with van der Waals surface area (Å²) in [7, 11) is -3.83. The van der Waals surface area contributed by atoms with E-state index in [1.165, 1.54) is 6.92 Å². The van der Waals surface area contributed by atoms with Crippen molar-refractivity contribution in [3.8, 4) is 5.75 Å². The van der Waals surface area contributed by atoms with E-state index in [0.717, 1.165) is 5.56 Å². The van der Waals surface area contributed by atoms with Gasteiger partial charge in [0.2, 0.25) is 5.91 Å². The zero-order valence-corrected chi connectivity index (χ0v) is 17.7. The number of nitrogens with one attached hydrogen (secondary N) is 1. The van der Waals surface area contributed by atoms with Crippen molar-refractivity contribution in [2.75, 3.05) is 16.2 Å². The van der Waals surface area contributed by atoms with Gasteiger partial charge in [0.05, 0.1) is 6.61 Å². The number of sulfonamides is 1. The number of amides is 1. The van der Waals surface area contributed by atoms with Crippen LogP contribution < -0.4 is 14.4 Å². The topological polar surface area (TPSA) is 75.7 Å². The second-order valence-electron chi connectivity index (χ2n) is 6.42. The molecule has 0 aliphatic carbocycles. The first-order valence-electron chi connectivity index (χ1n) is 8.61. The van der Waals surface area contributed by atoms with E-state index in [4.69, 9.17) is 4.74 Å². The minimum Gasteiger partial charge on any atom is -0.494 e. The lowest BCUT2D eigenvalue weighted by atomic mass is 10.1. The second kappa shape index (κ2) is 7.52. The van der Waals surface area contributed by atoms with Crippen LogP contribution in [-0.4, -0.2) is 27.0 Å². The maximum absolute atomic E-state index is 12.9. The van der Waals surface area contributed by atoms with E-state index in [1.807, 2.05) is 13.8 Å². The van der Waals surface area contributed by atoms with E-state index in [-0.39, 0.29) is 16.8 Å². The van der Waals surface area contributed by atoms with Gasteiger partial charge in [0.15, 0.2) is 0 Å². The van der Waals surface area contributed by atoms with E-state index < -0.39 is 10.0 Å². The van der Waals surface area contributed by atoms with E-state index in [9.17, 15) is 13.2 Å². The van der Waals surface area contributed by atoms with Gasteiger partial charge in [-0.25, -0.2) is 8.42 Å². The van der Waals surface area contributed by atoms with Crippen molar-refractivity contribution in [2.45, 2.75) is 38.1 Å². The van der Waals surface area contributed by atoms with Crippen molar-refractivity contribution in [1.82, 2.24) is 0 Å². The van der Waals surface area contributed by atoms with Gasteiger partial charge in [0.1, 0.15) is 10.6 Å². The minimum atomic E-state index is -3.83. The van der Waals surface area contributed by atoms with Gasteiger partial charge >= 0.3 is 0 Å². The number of halogens is 1. The second-order valence-corrected chi connectivity index (χ2v) is 8.92. The molecule has 0 radical (unpaired) electrons. The summed E-state index contributed by atoms with van der Waals surface area (Å²) in [6, 6.07) is 10.0. The molecule has 144 valence electrons. The van der Waals surface area contributed by atoms with Gasteiger partial charge in [-0.1, -0.05) is 0 Å². The Kier molecular flexibility index (Phi) is 5.48. The number of ether oxygens (including phenoxy) is 1. The molecular formula is C19H21BrN2O4S. The third kappa shape index (κ3) is 3.96. The molecule has 1 N–H and O–H groups in total. The Balaban J connectivity index is 1.94. The number of hydrogen-bond acceptors (Lipinski definition) is 4. The molecule has 2 aromatic carbocycles. The van der Waals surface area contributed by atoms with Gasteiger partial charge in [-0.05, 0) is 78.2 Å². The highest BCUT2D eigenvalue weighted by molar-refractivity contribution is 9.10. The molecule has 0 aromatic heterocycles. The van der Waals surface area contributed by atoms with E-state index in [1.54, 1.807) is 41.3 Å². The van der Waals surface area contributed by atoms with Crippen molar-refractivity contribution >= 4 is 43.2 Å². The van der Waals surface area contributed by atoms with Crippen LogP contribution in [0.15, 0.2) is 45.8 Å². The number of nitrogens with zero attached hydrogens (tertiary/aromatic N) is 1. The summed E-state index contributed by atoms with van der Waals surface area (Å²) in [6.45, 7) is 5.85. The lowest BCUT2D eigenvalue weighted by Crippen LogP contribution is -2.33. The average Bonchev–Trinajstić information content (AvgIpc) is 2.90. The van der Waals surface area contributed by atoms with Crippen molar-refractivity contribution in [1.29, 1.82) is 0 Å². The van der Waals surface area contributed by atoms with Gasteiger partial charge in [-0.3, -0.25) is 9.52 Å². The number of fused-ring (bicyclic) bond motifs is 1. The first kappa shape index (κ1) is 19.7. The van der Waals surface area contributed by atoms with Crippen LogP contribution in [0.5, 0.6) is 5.75 Å². The van der Waals surface area contributed by atoms with Crippen LogP contribution in [0.25, 0.3) is 0 Å². The molecule has 0 unspecified atom stereocenters. The predicted octanol–water partition coefficient (Wildman–Crippen LogP) is 3.95. The summed E-state index contributed by atoms with van der Waals surface area (Å²) in [5, 5.41) is 0. The van der Waals surface area contributed by atoms with Crippen LogP contribution in [0.1, 0.15) is 26.3 Å². The average molecular weight is 453 g/mol. The Morgan fingerprint density at radius 1 is 1.30 bits per heavy atom. The SMILES string of the molecule is CCOc1ccc(NS(=O)(=O)c2cc3c(cc2Br)C[C@@H](C)N3C(C)=O)cc1. The minimum absolute atomic E-state index is 0.00132. The fourth-order valence-electron chi connectivity index (χ4n) is 3.30. The predicted molar refractivity (Wildman–Crippen MR) is 109 cm³/mol. The maximum atomic E-state index is 12.9. The maximum Gasteiger partial charge on any atom is 0.263 e. The smallest absolute Gasteiger partial charge is 0.263 e. The first-order chi connectivity index (χ1) is 12.7. The number of carbonyl (C=O) groups is 1. The molecule has 27 heavy (non-hydrogen) atoms. The van der Waals surface area contributed by atoms with Crippen LogP contribution in [0.4, 0.5) is 11.4 Å². The van der Waals surface area contributed by atoms with Gasteiger partial charge in [-0.2, -0.15) is 0 Å². The number of hydrogen-bond donors (Lipinski definition) is 1. The summed E-state index contributed by atoms with van der Waals surface area (Å²) in [5.74, 6) is 0.566. The van der Waals surface area contributed by atoms with Crippen LogP contribution >= 0.6 is 15.9 Å². The highest BCUT2D eigenvalue weighted by Crippen LogP contribution is 2.38. The molecule has 2 aromatic rings. The van der Waals surface area contributed by atoms with Gasteiger partial charge < -0.3 is 9.64 Å². The number of carbonyl (C=O) groups excluding carboxylic acids is 1. The third-order valence-electron chi connectivity index (χ3n) is 4.40. The first-order valence-corrected chi connectivity index (χ1v) is 10.9. The molecule has 0 bridgehead atoms.